The van der Waals surface area contributed by atoms with Crippen LogP contribution in [0.2, 0.25) is 5.02 Å². The first kappa shape index (κ1) is 19.9. The van der Waals surface area contributed by atoms with Gasteiger partial charge in [-0.3, -0.25) is 4.57 Å². The van der Waals surface area contributed by atoms with Crippen molar-refractivity contribution in [3.8, 4) is 0 Å². The van der Waals surface area contributed by atoms with Crippen molar-refractivity contribution in [1.29, 1.82) is 0 Å². The van der Waals surface area contributed by atoms with Gasteiger partial charge in [-0.05, 0) is 43.7 Å². The van der Waals surface area contributed by atoms with Crippen molar-refractivity contribution >= 4 is 11.6 Å². The zero-order chi connectivity index (χ0) is 19.8. The molecular weight excluding hydrogens is 386 g/mol. The molecule has 1 aliphatic rings. The Morgan fingerprint density at radius 2 is 1.89 bits per heavy atom. The highest BCUT2D eigenvalue weighted by molar-refractivity contribution is 6.31. The Hall–Kier alpha value is -1.83. The molecule has 0 bridgehead atoms. The lowest BCUT2D eigenvalue weighted by Crippen LogP contribution is -2.32. The fraction of sp³-hybridized carbons (Fsp3) is 0.556. The Morgan fingerprint density at radius 3 is 2.48 bits per heavy atom. The first-order chi connectivity index (χ1) is 12.7. The van der Waals surface area contributed by atoms with Crippen LogP contribution in [-0.2, 0) is 20.0 Å². The Labute approximate surface area is 158 Å². The lowest BCUT2D eigenvalue weighted by molar-refractivity contribution is -0.184. The Morgan fingerprint density at radius 1 is 1.22 bits per heavy atom. The highest BCUT2D eigenvalue weighted by Crippen LogP contribution is 2.39. The number of benzene rings is 1. The molecule has 27 heavy (non-hydrogen) atoms. The molecule has 0 atom stereocenters. The van der Waals surface area contributed by atoms with Crippen molar-refractivity contribution in [2.24, 2.45) is 18.9 Å². The van der Waals surface area contributed by atoms with Crippen LogP contribution in [0.25, 0.3) is 0 Å². The summed E-state index contributed by atoms with van der Waals surface area (Å²) in [5, 5.41) is 4.41. The second-order valence-electron chi connectivity index (χ2n) is 7.07. The van der Waals surface area contributed by atoms with Crippen molar-refractivity contribution < 1.29 is 17.6 Å². The molecule has 1 aromatic heterocycles. The number of alkyl halides is 3. The zero-order valence-electron chi connectivity index (χ0n) is 14.8. The molecular formula is C18H20ClF4N3O. The number of halogens is 5. The number of hydrogen-bond acceptors (Lipinski definition) is 2. The van der Waals surface area contributed by atoms with Crippen molar-refractivity contribution in [1.82, 2.24) is 14.3 Å². The predicted octanol–water partition coefficient (Wildman–Crippen LogP) is 4.33. The van der Waals surface area contributed by atoms with Gasteiger partial charge in [0.1, 0.15) is 11.6 Å². The van der Waals surface area contributed by atoms with Crippen molar-refractivity contribution in [2.75, 3.05) is 0 Å². The van der Waals surface area contributed by atoms with Crippen molar-refractivity contribution in [3.63, 3.8) is 0 Å². The Kier molecular flexibility index (Phi) is 5.65. The number of aryl methyl sites for hydroxylation is 1. The lowest BCUT2D eigenvalue weighted by atomic mass is 9.81. The molecule has 4 nitrogen and oxygen atoms in total. The van der Waals surface area contributed by atoms with Gasteiger partial charge in [0, 0.05) is 30.6 Å². The predicted molar refractivity (Wildman–Crippen MR) is 93.2 cm³/mol. The summed E-state index contributed by atoms with van der Waals surface area (Å²) in [5.41, 5.74) is -0.123. The van der Waals surface area contributed by atoms with E-state index in [1.807, 2.05) is 0 Å². The van der Waals surface area contributed by atoms with Gasteiger partial charge in [-0.2, -0.15) is 18.3 Å². The molecule has 3 rings (SSSR count). The molecule has 0 spiro atoms. The molecule has 148 valence electrons. The fourth-order valence-electron chi connectivity index (χ4n) is 3.66. The van der Waals surface area contributed by atoms with Gasteiger partial charge in [0.2, 0.25) is 0 Å². The summed E-state index contributed by atoms with van der Waals surface area (Å²) < 4.78 is 55.2. The minimum atomic E-state index is -4.16. The van der Waals surface area contributed by atoms with Gasteiger partial charge >= 0.3 is 11.9 Å². The summed E-state index contributed by atoms with van der Waals surface area (Å²) in [7, 11) is 1.49. The maximum Gasteiger partial charge on any atom is 0.391 e. The SMILES string of the molecule is Cn1nc(Cc2c(F)cccc2Cl)n(CC2CCC(C(F)(F)F)CC2)c1=O. The van der Waals surface area contributed by atoms with Crippen LogP contribution in [0.5, 0.6) is 0 Å². The molecule has 2 aromatic rings. The van der Waals surface area contributed by atoms with Crippen LogP contribution in [0, 0.1) is 17.7 Å². The van der Waals surface area contributed by atoms with Crippen LogP contribution in [-0.4, -0.2) is 20.5 Å². The summed E-state index contributed by atoms with van der Waals surface area (Å²) >= 11 is 6.06. The van der Waals surface area contributed by atoms with E-state index < -0.39 is 17.9 Å². The minimum absolute atomic E-state index is 0.0412. The number of nitrogens with zero attached hydrogens (tertiary/aromatic N) is 3. The van der Waals surface area contributed by atoms with Gasteiger partial charge in [0.25, 0.3) is 0 Å². The summed E-state index contributed by atoms with van der Waals surface area (Å²) in [5.74, 6) is -1.44. The third-order valence-corrected chi connectivity index (χ3v) is 5.59. The molecule has 1 aromatic carbocycles. The Bertz CT molecular complexity index is 846. The van der Waals surface area contributed by atoms with E-state index >= 15 is 0 Å². The second kappa shape index (κ2) is 7.66. The molecule has 9 heteroatoms. The molecule has 1 heterocycles. The largest absolute Gasteiger partial charge is 0.391 e. The number of hydrogen-bond donors (Lipinski definition) is 0. The molecule has 0 amide bonds. The summed E-state index contributed by atoms with van der Waals surface area (Å²) in [6.45, 7) is 0.276. The van der Waals surface area contributed by atoms with Crippen LogP contribution < -0.4 is 5.69 Å². The molecule has 0 N–H and O–H groups in total. The second-order valence-corrected chi connectivity index (χ2v) is 7.48. The normalized spacial score (nSPS) is 20.8. The van der Waals surface area contributed by atoms with Crippen LogP contribution >= 0.6 is 11.6 Å². The molecule has 0 saturated heterocycles. The van der Waals surface area contributed by atoms with Gasteiger partial charge in [0.05, 0.1) is 5.92 Å². The van der Waals surface area contributed by atoms with Crippen LogP contribution in [0.15, 0.2) is 23.0 Å². The zero-order valence-corrected chi connectivity index (χ0v) is 15.5. The highest BCUT2D eigenvalue weighted by Gasteiger charge is 2.41. The molecule has 0 aliphatic heterocycles. The topological polar surface area (TPSA) is 39.8 Å². The van der Waals surface area contributed by atoms with E-state index in [1.165, 1.54) is 23.7 Å². The average molecular weight is 406 g/mol. The maximum atomic E-state index is 14.1. The van der Waals surface area contributed by atoms with Gasteiger partial charge in [-0.1, -0.05) is 17.7 Å². The van der Waals surface area contributed by atoms with Gasteiger partial charge in [-0.15, -0.1) is 0 Å². The smallest absolute Gasteiger partial charge is 0.278 e. The Balaban J connectivity index is 1.78. The molecule has 1 saturated carbocycles. The van der Waals surface area contributed by atoms with E-state index in [0.29, 0.717) is 18.7 Å². The highest BCUT2D eigenvalue weighted by atomic mass is 35.5. The van der Waals surface area contributed by atoms with Crippen molar-refractivity contribution in [3.05, 3.63) is 50.9 Å². The van der Waals surface area contributed by atoms with Crippen LogP contribution in [0.1, 0.15) is 37.1 Å². The van der Waals surface area contributed by atoms with Crippen molar-refractivity contribution in [2.45, 2.75) is 44.8 Å². The monoisotopic (exact) mass is 405 g/mol. The molecule has 1 fully saturated rings. The van der Waals surface area contributed by atoms with Gasteiger partial charge in [0.15, 0.2) is 0 Å². The average Bonchev–Trinajstić information content (AvgIpc) is 2.86. The molecule has 0 radical (unpaired) electrons. The van der Waals surface area contributed by atoms with Gasteiger partial charge in [-0.25, -0.2) is 13.9 Å². The van der Waals surface area contributed by atoms with Crippen LogP contribution in [0.4, 0.5) is 17.6 Å². The third-order valence-electron chi connectivity index (χ3n) is 5.23. The maximum absolute atomic E-state index is 14.1. The lowest BCUT2D eigenvalue weighted by Gasteiger charge is -2.30. The van der Waals surface area contributed by atoms with E-state index in [-0.39, 0.29) is 48.0 Å². The van der Waals surface area contributed by atoms with E-state index in [4.69, 9.17) is 11.6 Å². The summed E-state index contributed by atoms with van der Waals surface area (Å²) in [6.07, 6.45) is -3.20. The van der Waals surface area contributed by atoms with Crippen LogP contribution in [0.3, 0.4) is 0 Å². The van der Waals surface area contributed by atoms with E-state index in [2.05, 4.69) is 5.10 Å². The molecule has 1 aliphatic carbocycles. The number of aromatic nitrogens is 3. The first-order valence-electron chi connectivity index (χ1n) is 8.79. The third kappa shape index (κ3) is 4.36. The molecule has 0 unspecified atom stereocenters. The quantitative estimate of drug-likeness (QED) is 0.710. The fourth-order valence-corrected chi connectivity index (χ4v) is 3.89. The first-order valence-corrected chi connectivity index (χ1v) is 9.17. The summed E-state index contributed by atoms with van der Waals surface area (Å²) in [6, 6.07) is 4.33. The minimum Gasteiger partial charge on any atom is -0.278 e. The van der Waals surface area contributed by atoms with Gasteiger partial charge < -0.3 is 0 Å². The van der Waals surface area contributed by atoms with E-state index in [1.54, 1.807) is 6.07 Å². The number of rotatable bonds is 4. The standard InChI is InChI=1S/C18H20ClF4N3O/c1-25-17(27)26(10-11-5-7-12(8-6-11)18(21,22)23)16(24-25)9-13-14(19)3-2-4-15(13)20/h2-4,11-12H,5-10H2,1H3. The summed E-state index contributed by atoms with van der Waals surface area (Å²) in [4.78, 5) is 12.4. The van der Waals surface area contributed by atoms with E-state index in [0.717, 1.165) is 4.68 Å². The van der Waals surface area contributed by atoms with E-state index in [9.17, 15) is 22.4 Å².